The van der Waals surface area contributed by atoms with E-state index in [1.165, 1.54) is 0 Å². The Bertz CT molecular complexity index is 264. The van der Waals surface area contributed by atoms with Crippen LogP contribution >= 0.6 is 12.2 Å². The minimum Gasteiger partial charge on any atom is -0.411 e. The monoisotopic (exact) mass is 184 g/mol. The van der Waals surface area contributed by atoms with Gasteiger partial charge in [-0.15, -0.1) is 0 Å². The average molecular weight is 184 g/mol. The number of esters is 1. The van der Waals surface area contributed by atoms with Gasteiger partial charge in [-0.3, -0.25) is 0 Å². The van der Waals surface area contributed by atoms with Gasteiger partial charge >= 0.3 is 5.97 Å². The van der Waals surface area contributed by atoms with Crippen molar-refractivity contribution >= 4 is 23.2 Å². The maximum Gasteiger partial charge on any atom is 0.340 e. The maximum atomic E-state index is 11.2. The standard InChI is InChI=1S/C9H12O2S/c1-4-6-7(5(2)3)9(12)11-8(6)10/h5H,4H2,1-3H3. The van der Waals surface area contributed by atoms with Crippen molar-refractivity contribution in [1.82, 2.24) is 0 Å². The fourth-order valence-electron chi connectivity index (χ4n) is 1.35. The van der Waals surface area contributed by atoms with Crippen LogP contribution in [0, 0.1) is 5.92 Å². The zero-order valence-electron chi connectivity index (χ0n) is 7.51. The highest BCUT2D eigenvalue weighted by molar-refractivity contribution is 7.80. The molecule has 66 valence electrons. The fourth-order valence-corrected chi connectivity index (χ4v) is 1.79. The van der Waals surface area contributed by atoms with Crippen molar-refractivity contribution in [2.75, 3.05) is 0 Å². The molecule has 12 heavy (non-hydrogen) atoms. The predicted octanol–water partition coefficient (Wildman–Crippen LogP) is 2.23. The lowest BCUT2D eigenvalue weighted by Crippen LogP contribution is -2.03. The summed E-state index contributed by atoms with van der Waals surface area (Å²) in [6.45, 7) is 5.96. The summed E-state index contributed by atoms with van der Waals surface area (Å²) in [5.41, 5.74) is 1.66. The van der Waals surface area contributed by atoms with Crippen LogP contribution in [0.3, 0.4) is 0 Å². The van der Waals surface area contributed by atoms with Crippen molar-refractivity contribution in [3.63, 3.8) is 0 Å². The summed E-state index contributed by atoms with van der Waals surface area (Å²) in [7, 11) is 0. The van der Waals surface area contributed by atoms with Crippen LogP contribution in [0.5, 0.6) is 0 Å². The molecule has 0 N–H and O–H groups in total. The molecule has 0 aromatic carbocycles. The number of thiocarbonyl (C=S) groups is 1. The molecular formula is C9H12O2S. The van der Waals surface area contributed by atoms with Crippen molar-refractivity contribution in [2.45, 2.75) is 27.2 Å². The van der Waals surface area contributed by atoms with Gasteiger partial charge in [-0.05, 0) is 24.6 Å². The molecule has 0 saturated heterocycles. The van der Waals surface area contributed by atoms with Crippen molar-refractivity contribution < 1.29 is 9.53 Å². The molecule has 0 unspecified atom stereocenters. The Kier molecular flexibility index (Phi) is 2.62. The van der Waals surface area contributed by atoms with E-state index in [2.05, 4.69) is 0 Å². The number of hydrogen-bond donors (Lipinski definition) is 0. The minimum absolute atomic E-state index is 0.258. The summed E-state index contributed by atoms with van der Waals surface area (Å²) in [6, 6.07) is 0. The van der Waals surface area contributed by atoms with Gasteiger partial charge in [0.05, 0.1) is 0 Å². The Hall–Kier alpha value is -0.700. The summed E-state index contributed by atoms with van der Waals surface area (Å²) >= 11 is 4.94. The van der Waals surface area contributed by atoms with E-state index in [1.54, 1.807) is 0 Å². The molecule has 3 heteroatoms. The summed E-state index contributed by atoms with van der Waals surface area (Å²) in [4.78, 5) is 11.2. The van der Waals surface area contributed by atoms with E-state index in [4.69, 9.17) is 17.0 Å². The van der Waals surface area contributed by atoms with E-state index in [0.29, 0.717) is 11.5 Å². The van der Waals surface area contributed by atoms with Gasteiger partial charge in [0.2, 0.25) is 0 Å². The number of rotatable bonds is 2. The Morgan fingerprint density at radius 1 is 1.50 bits per heavy atom. The topological polar surface area (TPSA) is 26.3 Å². The van der Waals surface area contributed by atoms with Crippen molar-refractivity contribution in [3.05, 3.63) is 11.1 Å². The molecule has 0 amide bonds. The van der Waals surface area contributed by atoms with Gasteiger partial charge in [0, 0.05) is 11.1 Å². The van der Waals surface area contributed by atoms with Crippen LogP contribution in [0.25, 0.3) is 0 Å². The first-order valence-electron chi connectivity index (χ1n) is 4.07. The lowest BCUT2D eigenvalue weighted by Gasteiger charge is -2.04. The molecule has 0 atom stereocenters. The third-order valence-corrected chi connectivity index (χ3v) is 2.21. The highest BCUT2D eigenvalue weighted by Crippen LogP contribution is 2.27. The van der Waals surface area contributed by atoms with E-state index in [9.17, 15) is 4.79 Å². The van der Waals surface area contributed by atoms with Crippen LogP contribution in [-0.4, -0.2) is 11.0 Å². The smallest absolute Gasteiger partial charge is 0.340 e. The number of hydrogen-bond acceptors (Lipinski definition) is 3. The average Bonchev–Trinajstić information content (AvgIpc) is 2.24. The quantitative estimate of drug-likeness (QED) is 0.486. The van der Waals surface area contributed by atoms with Gasteiger partial charge in [-0.25, -0.2) is 4.79 Å². The SMILES string of the molecule is CCC1=C(C(C)C)C(=S)OC1=O. The Morgan fingerprint density at radius 2 is 2.08 bits per heavy atom. The molecule has 0 spiro atoms. The molecule has 0 aliphatic carbocycles. The zero-order chi connectivity index (χ0) is 9.30. The zero-order valence-corrected chi connectivity index (χ0v) is 8.33. The van der Waals surface area contributed by atoms with Gasteiger partial charge in [-0.2, -0.15) is 0 Å². The molecule has 0 bridgehead atoms. The van der Waals surface area contributed by atoms with Gasteiger partial charge in [0.15, 0.2) is 5.05 Å². The van der Waals surface area contributed by atoms with Crippen molar-refractivity contribution in [1.29, 1.82) is 0 Å². The molecular weight excluding hydrogens is 172 g/mol. The van der Waals surface area contributed by atoms with Crippen LogP contribution in [0.15, 0.2) is 11.1 Å². The number of carbonyl (C=O) groups excluding carboxylic acids is 1. The summed E-state index contributed by atoms with van der Waals surface area (Å²) in [5.74, 6) is 0.0186. The molecule has 1 aliphatic heterocycles. The van der Waals surface area contributed by atoms with E-state index in [0.717, 1.165) is 11.1 Å². The second-order valence-corrected chi connectivity index (χ2v) is 3.45. The second kappa shape index (κ2) is 3.35. The molecule has 0 saturated carbocycles. The fraction of sp³-hybridized carbons (Fsp3) is 0.556. The normalized spacial score (nSPS) is 17.7. The van der Waals surface area contributed by atoms with Crippen molar-refractivity contribution in [3.8, 4) is 0 Å². The molecule has 0 aromatic heterocycles. The van der Waals surface area contributed by atoms with E-state index in [-0.39, 0.29) is 11.9 Å². The number of cyclic esters (lactones) is 1. The molecule has 1 rings (SSSR count). The second-order valence-electron chi connectivity index (χ2n) is 3.08. The largest absolute Gasteiger partial charge is 0.411 e. The van der Waals surface area contributed by atoms with Crippen LogP contribution in [-0.2, 0) is 9.53 Å². The third-order valence-electron chi connectivity index (χ3n) is 1.91. The molecule has 0 aromatic rings. The number of ether oxygens (including phenoxy) is 1. The number of carbonyl (C=O) groups is 1. The molecule has 0 radical (unpaired) electrons. The van der Waals surface area contributed by atoms with Crippen LogP contribution < -0.4 is 0 Å². The first-order valence-corrected chi connectivity index (χ1v) is 4.48. The summed E-state index contributed by atoms with van der Waals surface area (Å²) < 4.78 is 4.86. The summed E-state index contributed by atoms with van der Waals surface area (Å²) in [6.07, 6.45) is 0.701. The molecule has 1 heterocycles. The Morgan fingerprint density at radius 3 is 2.42 bits per heavy atom. The first-order chi connectivity index (χ1) is 5.57. The lowest BCUT2D eigenvalue weighted by molar-refractivity contribution is -0.130. The van der Waals surface area contributed by atoms with Gasteiger partial charge < -0.3 is 4.74 Å². The maximum absolute atomic E-state index is 11.2. The lowest BCUT2D eigenvalue weighted by atomic mass is 9.98. The van der Waals surface area contributed by atoms with Gasteiger partial charge in [0.1, 0.15) is 0 Å². The third kappa shape index (κ3) is 1.41. The Balaban J connectivity index is 3.09. The van der Waals surface area contributed by atoms with Gasteiger partial charge in [0.25, 0.3) is 0 Å². The van der Waals surface area contributed by atoms with E-state index in [1.807, 2.05) is 20.8 Å². The highest BCUT2D eigenvalue weighted by Gasteiger charge is 2.29. The first kappa shape index (κ1) is 9.39. The molecule has 0 fully saturated rings. The van der Waals surface area contributed by atoms with E-state index >= 15 is 0 Å². The van der Waals surface area contributed by atoms with E-state index < -0.39 is 0 Å². The Labute approximate surface area is 77.6 Å². The summed E-state index contributed by atoms with van der Waals surface area (Å²) in [5, 5.41) is 0.367. The van der Waals surface area contributed by atoms with Crippen molar-refractivity contribution in [2.24, 2.45) is 5.92 Å². The van der Waals surface area contributed by atoms with Crippen LogP contribution in [0.1, 0.15) is 27.2 Å². The van der Waals surface area contributed by atoms with Gasteiger partial charge in [-0.1, -0.05) is 20.8 Å². The van der Waals surface area contributed by atoms with Crippen LogP contribution in [0.4, 0.5) is 0 Å². The molecule has 2 nitrogen and oxygen atoms in total. The van der Waals surface area contributed by atoms with Crippen LogP contribution in [0.2, 0.25) is 0 Å². The predicted molar refractivity (Wildman–Crippen MR) is 50.8 cm³/mol. The minimum atomic E-state index is -0.258. The molecule has 1 aliphatic rings. The highest BCUT2D eigenvalue weighted by atomic mass is 32.1.